The number of aromatic amines is 1. The predicted octanol–water partition coefficient (Wildman–Crippen LogP) is 1.13. The average molecular weight is 312 g/mol. The number of rotatable bonds is 7. The van der Waals surface area contributed by atoms with Crippen LogP contribution in [-0.2, 0) is 18.3 Å². The third-order valence-corrected chi connectivity index (χ3v) is 4.09. The van der Waals surface area contributed by atoms with Crippen LogP contribution >= 0.6 is 11.8 Å². The van der Waals surface area contributed by atoms with E-state index in [1.165, 1.54) is 10.6 Å². The van der Waals surface area contributed by atoms with Crippen molar-refractivity contribution < 1.29 is 9.13 Å². The van der Waals surface area contributed by atoms with E-state index in [2.05, 4.69) is 15.5 Å². The van der Waals surface area contributed by atoms with Crippen LogP contribution in [0.15, 0.2) is 33.0 Å². The predicted molar refractivity (Wildman–Crippen MR) is 77.9 cm³/mol. The number of aromatic nitrogens is 3. The highest BCUT2D eigenvalue weighted by Crippen LogP contribution is 2.30. The topological polar surface area (TPSA) is 71.9 Å². The molecule has 6 nitrogen and oxygen atoms in total. The Hall–Kier alpha value is -1.64. The fraction of sp³-hybridized carbons (Fsp3) is 0.385. The van der Waals surface area contributed by atoms with Crippen molar-refractivity contribution in [2.24, 2.45) is 7.05 Å². The standard InChI is InChI=1S/C13H17FN4O2S/c1-18-12(19)16-17-13(18)21-11-9(4-3-5-10(11)14)8-15-6-7-20-2/h3-5,15H,6-8H2,1-2H3,(H,16,19). The zero-order valence-corrected chi connectivity index (χ0v) is 12.7. The molecule has 1 aromatic heterocycles. The highest BCUT2D eigenvalue weighted by atomic mass is 32.2. The molecule has 0 fully saturated rings. The normalized spacial score (nSPS) is 11.0. The van der Waals surface area contributed by atoms with Crippen LogP contribution in [0.5, 0.6) is 0 Å². The number of H-pyrrole nitrogens is 1. The van der Waals surface area contributed by atoms with Crippen LogP contribution in [0.4, 0.5) is 4.39 Å². The molecule has 0 aliphatic heterocycles. The number of benzene rings is 1. The van der Waals surface area contributed by atoms with Gasteiger partial charge in [0.1, 0.15) is 5.82 Å². The Kier molecular flexibility index (Phi) is 5.54. The summed E-state index contributed by atoms with van der Waals surface area (Å²) >= 11 is 1.13. The van der Waals surface area contributed by atoms with Gasteiger partial charge in [-0.1, -0.05) is 12.1 Å². The zero-order chi connectivity index (χ0) is 15.2. The Morgan fingerprint density at radius 2 is 2.33 bits per heavy atom. The van der Waals surface area contributed by atoms with Crippen molar-refractivity contribution in [2.75, 3.05) is 20.3 Å². The summed E-state index contributed by atoms with van der Waals surface area (Å²) in [5.41, 5.74) is 0.486. The summed E-state index contributed by atoms with van der Waals surface area (Å²) in [6.45, 7) is 1.78. The first-order valence-corrected chi connectivity index (χ1v) is 7.21. The van der Waals surface area contributed by atoms with E-state index in [9.17, 15) is 9.18 Å². The van der Waals surface area contributed by atoms with E-state index in [0.29, 0.717) is 29.7 Å². The summed E-state index contributed by atoms with van der Waals surface area (Å²) in [7, 11) is 3.22. The lowest BCUT2D eigenvalue weighted by molar-refractivity contribution is 0.199. The molecular formula is C13H17FN4O2S. The largest absolute Gasteiger partial charge is 0.383 e. The Morgan fingerprint density at radius 3 is 3.00 bits per heavy atom. The monoisotopic (exact) mass is 312 g/mol. The molecule has 0 saturated carbocycles. The van der Waals surface area contributed by atoms with Gasteiger partial charge >= 0.3 is 5.69 Å². The van der Waals surface area contributed by atoms with Gasteiger partial charge in [0.15, 0.2) is 5.16 Å². The lowest BCUT2D eigenvalue weighted by Crippen LogP contribution is -2.19. The van der Waals surface area contributed by atoms with Crippen molar-refractivity contribution in [1.82, 2.24) is 20.1 Å². The molecule has 0 atom stereocenters. The number of methoxy groups -OCH3 is 1. The van der Waals surface area contributed by atoms with Crippen LogP contribution < -0.4 is 11.0 Å². The van der Waals surface area contributed by atoms with E-state index in [0.717, 1.165) is 17.3 Å². The van der Waals surface area contributed by atoms with Gasteiger partial charge in [-0.3, -0.25) is 4.57 Å². The second-order valence-corrected chi connectivity index (χ2v) is 5.35. The molecule has 2 aromatic rings. The van der Waals surface area contributed by atoms with Crippen molar-refractivity contribution in [3.05, 3.63) is 40.1 Å². The van der Waals surface area contributed by atoms with Crippen LogP contribution in [0.25, 0.3) is 0 Å². The van der Waals surface area contributed by atoms with Crippen LogP contribution in [0.2, 0.25) is 0 Å². The van der Waals surface area contributed by atoms with Gasteiger partial charge in [-0.15, -0.1) is 5.10 Å². The molecule has 1 aromatic carbocycles. The lowest BCUT2D eigenvalue weighted by atomic mass is 10.2. The molecule has 0 spiro atoms. The summed E-state index contributed by atoms with van der Waals surface area (Å²) < 4.78 is 20.4. The molecule has 1 heterocycles. The maximum atomic E-state index is 14.1. The van der Waals surface area contributed by atoms with E-state index in [4.69, 9.17) is 4.74 Å². The van der Waals surface area contributed by atoms with Gasteiger partial charge in [-0.05, 0) is 23.4 Å². The smallest absolute Gasteiger partial charge is 0.343 e. The average Bonchev–Trinajstić information content (AvgIpc) is 2.78. The zero-order valence-electron chi connectivity index (χ0n) is 11.9. The van der Waals surface area contributed by atoms with E-state index in [-0.39, 0.29) is 11.5 Å². The maximum absolute atomic E-state index is 14.1. The third-order valence-electron chi connectivity index (χ3n) is 2.88. The first-order chi connectivity index (χ1) is 10.1. The molecule has 2 rings (SSSR count). The molecular weight excluding hydrogens is 295 g/mol. The number of ether oxygens (including phenoxy) is 1. The number of halogens is 1. The number of hydrogen-bond donors (Lipinski definition) is 2. The Morgan fingerprint density at radius 1 is 1.52 bits per heavy atom. The van der Waals surface area contributed by atoms with Crippen molar-refractivity contribution >= 4 is 11.8 Å². The SMILES string of the molecule is COCCNCc1cccc(F)c1Sc1n[nH]c(=O)n1C. The molecule has 0 bridgehead atoms. The van der Waals surface area contributed by atoms with E-state index < -0.39 is 0 Å². The van der Waals surface area contributed by atoms with Crippen molar-refractivity contribution in [1.29, 1.82) is 0 Å². The molecule has 21 heavy (non-hydrogen) atoms. The van der Waals surface area contributed by atoms with Gasteiger partial charge in [0.25, 0.3) is 0 Å². The Balaban J connectivity index is 2.17. The summed E-state index contributed by atoms with van der Waals surface area (Å²) in [6, 6.07) is 4.90. The van der Waals surface area contributed by atoms with Crippen molar-refractivity contribution in [2.45, 2.75) is 16.6 Å². The lowest BCUT2D eigenvalue weighted by Gasteiger charge is -2.10. The Labute approximate surface area is 125 Å². The minimum absolute atomic E-state index is 0.325. The summed E-state index contributed by atoms with van der Waals surface area (Å²) in [4.78, 5) is 11.8. The molecule has 8 heteroatoms. The number of nitrogens with zero attached hydrogens (tertiary/aromatic N) is 2. The maximum Gasteiger partial charge on any atom is 0.343 e. The molecule has 0 radical (unpaired) electrons. The highest BCUT2D eigenvalue weighted by Gasteiger charge is 2.14. The second kappa shape index (κ2) is 7.39. The first kappa shape index (κ1) is 15.7. The molecule has 0 saturated heterocycles. The van der Waals surface area contributed by atoms with Crippen LogP contribution in [0, 0.1) is 5.82 Å². The molecule has 0 aliphatic carbocycles. The fourth-order valence-corrected chi connectivity index (χ4v) is 2.65. The first-order valence-electron chi connectivity index (χ1n) is 6.39. The van der Waals surface area contributed by atoms with Gasteiger partial charge in [0.05, 0.1) is 11.5 Å². The number of hydrogen-bond acceptors (Lipinski definition) is 5. The van der Waals surface area contributed by atoms with E-state index in [1.54, 1.807) is 20.2 Å². The molecule has 0 aliphatic rings. The van der Waals surface area contributed by atoms with Gasteiger partial charge in [0, 0.05) is 27.2 Å². The molecule has 114 valence electrons. The summed E-state index contributed by atoms with van der Waals surface area (Å²) in [5, 5.41) is 9.82. The minimum Gasteiger partial charge on any atom is -0.383 e. The van der Waals surface area contributed by atoms with Crippen LogP contribution in [-0.4, -0.2) is 35.0 Å². The van der Waals surface area contributed by atoms with Crippen molar-refractivity contribution in [3.63, 3.8) is 0 Å². The van der Waals surface area contributed by atoms with E-state index in [1.807, 2.05) is 6.07 Å². The Bertz CT molecular complexity index is 656. The highest BCUT2D eigenvalue weighted by molar-refractivity contribution is 7.99. The molecule has 0 unspecified atom stereocenters. The fourth-order valence-electron chi connectivity index (χ4n) is 1.72. The van der Waals surface area contributed by atoms with Gasteiger partial charge < -0.3 is 10.1 Å². The van der Waals surface area contributed by atoms with Gasteiger partial charge in [-0.2, -0.15) is 0 Å². The second-order valence-electron chi connectivity index (χ2n) is 4.37. The quantitative estimate of drug-likeness (QED) is 0.750. The van der Waals surface area contributed by atoms with Crippen LogP contribution in [0.1, 0.15) is 5.56 Å². The van der Waals surface area contributed by atoms with Gasteiger partial charge in [-0.25, -0.2) is 14.3 Å². The van der Waals surface area contributed by atoms with Crippen LogP contribution in [0.3, 0.4) is 0 Å². The number of nitrogens with one attached hydrogen (secondary N) is 2. The molecule has 2 N–H and O–H groups in total. The molecule has 0 amide bonds. The van der Waals surface area contributed by atoms with Crippen molar-refractivity contribution in [3.8, 4) is 0 Å². The summed E-state index contributed by atoms with van der Waals surface area (Å²) in [5.74, 6) is -0.332. The van der Waals surface area contributed by atoms with E-state index >= 15 is 0 Å². The van der Waals surface area contributed by atoms with Gasteiger partial charge in [0.2, 0.25) is 0 Å². The summed E-state index contributed by atoms with van der Waals surface area (Å²) in [6.07, 6.45) is 0. The minimum atomic E-state index is -0.332. The third kappa shape index (κ3) is 3.93.